The van der Waals surface area contributed by atoms with Crippen molar-refractivity contribution in [2.75, 3.05) is 19.6 Å². The number of likely N-dealkylation sites (tertiary alicyclic amines) is 1. The Morgan fingerprint density at radius 3 is 2.86 bits per heavy atom. The minimum Gasteiger partial charge on any atom is -0.357 e. The third-order valence-corrected chi connectivity index (χ3v) is 5.02. The molecule has 5 nitrogen and oxygen atoms in total. The summed E-state index contributed by atoms with van der Waals surface area (Å²) in [5, 5.41) is 15.8. The predicted octanol–water partition coefficient (Wildman–Crippen LogP) is 3.42. The van der Waals surface area contributed by atoms with Gasteiger partial charge in [-0.05, 0) is 50.1 Å². The number of benzene rings is 2. The minimum atomic E-state index is -0.338. The standard InChI is InChI=1S/C23H28FN5/c1-2-26-23(27-15-20-13-19(14-25)10-11-22(20)24)28-21-9-6-12-29(17-21)16-18-7-4-3-5-8-18/h3-5,7-8,10-11,13,21H,2,6,9,12,15-17H2,1H3,(H2,26,27,28). The molecule has 0 spiro atoms. The van der Waals surface area contributed by atoms with Crippen LogP contribution in [0.15, 0.2) is 53.5 Å². The van der Waals surface area contributed by atoms with Crippen LogP contribution in [0.5, 0.6) is 0 Å². The lowest BCUT2D eigenvalue weighted by Gasteiger charge is -2.34. The van der Waals surface area contributed by atoms with E-state index < -0.39 is 0 Å². The zero-order valence-electron chi connectivity index (χ0n) is 16.9. The van der Waals surface area contributed by atoms with Gasteiger partial charge in [0, 0.05) is 31.2 Å². The van der Waals surface area contributed by atoms with E-state index >= 15 is 0 Å². The van der Waals surface area contributed by atoms with E-state index in [9.17, 15) is 4.39 Å². The maximum absolute atomic E-state index is 14.0. The highest BCUT2D eigenvalue weighted by Crippen LogP contribution is 2.14. The summed E-state index contributed by atoms with van der Waals surface area (Å²) in [6, 6.07) is 17.2. The van der Waals surface area contributed by atoms with Gasteiger partial charge in [-0.1, -0.05) is 30.3 Å². The SMILES string of the molecule is CCNC(=NCc1cc(C#N)ccc1F)NC1CCCN(Cc2ccccc2)C1. The fraction of sp³-hybridized carbons (Fsp3) is 0.391. The molecule has 2 aromatic rings. The van der Waals surface area contributed by atoms with Crippen molar-refractivity contribution in [3.63, 3.8) is 0 Å². The molecule has 1 heterocycles. The van der Waals surface area contributed by atoms with Crippen LogP contribution in [0.25, 0.3) is 0 Å². The highest BCUT2D eigenvalue weighted by molar-refractivity contribution is 5.80. The van der Waals surface area contributed by atoms with Crippen LogP contribution in [0.1, 0.15) is 36.5 Å². The van der Waals surface area contributed by atoms with Gasteiger partial charge in [0.25, 0.3) is 0 Å². The topological polar surface area (TPSA) is 63.5 Å². The zero-order valence-corrected chi connectivity index (χ0v) is 16.9. The molecule has 0 amide bonds. The first-order valence-electron chi connectivity index (χ1n) is 10.2. The van der Waals surface area contributed by atoms with E-state index in [-0.39, 0.29) is 12.4 Å². The first-order valence-corrected chi connectivity index (χ1v) is 10.2. The van der Waals surface area contributed by atoms with E-state index in [1.807, 2.05) is 19.1 Å². The Kier molecular flexibility index (Phi) is 7.60. The van der Waals surface area contributed by atoms with E-state index in [1.54, 1.807) is 6.07 Å². The lowest BCUT2D eigenvalue weighted by atomic mass is 10.0. The molecule has 152 valence electrons. The van der Waals surface area contributed by atoms with E-state index in [1.165, 1.54) is 17.7 Å². The molecule has 1 atom stereocenters. The summed E-state index contributed by atoms with van der Waals surface area (Å²) in [6.45, 7) is 5.91. The monoisotopic (exact) mass is 393 g/mol. The van der Waals surface area contributed by atoms with Crippen molar-refractivity contribution in [2.24, 2.45) is 4.99 Å². The third-order valence-electron chi connectivity index (χ3n) is 5.02. The quantitative estimate of drug-likeness (QED) is 0.583. The van der Waals surface area contributed by atoms with Crippen LogP contribution in [0.2, 0.25) is 0 Å². The van der Waals surface area contributed by atoms with Gasteiger partial charge in [-0.3, -0.25) is 4.90 Å². The summed E-state index contributed by atoms with van der Waals surface area (Å²) in [6.07, 6.45) is 2.21. The molecule has 1 aliphatic rings. The van der Waals surface area contributed by atoms with Gasteiger partial charge in [-0.15, -0.1) is 0 Å². The van der Waals surface area contributed by atoms with Crippen LogP contribution >= 0.6 is 0 Å². The molecule has 0 bridgehead atoms. The summed E-state index contributed by atoms with van der Waals surface area (Å²) in [5.74, 6) is 0.344. The second kappa shape index (κ2) is 10.6. The Bertz CT molecular complexity index is 859. The van der Waals surface area contributed by atoms with E-state index in [0.717, 1.165) is 39.0 Å². The van der Waals surface area contributed by atoms with Crippen molar-refractivity contribution < 1.29 is 4.39 Å². The van der Waals surface area contributed by atoms with Crippen molar-refractivity contribution in [3.8, 4) is 6.07 Å². The largest absolute Gasteiger partial charge is 0.357 e. The number of guanidine groups is 1. The van der Waals surface area contributed by atoms with Crippen LogP contribution in [0.4, 0.5) is 4.39 Å². The first-order chi connectivity index (χ1) is 14.2. The third kappa shape index (κ3) is 6.30. The normalized spacial score (nSPS) is 17.6. The molecule has 2 aromatic carbocycles. The van der Waals surface area contributed by atoms with Gasteiger partial charge < -0.3 is 10.6 Å². The van der Waals surface area contributed by atoms with Crippen molar-refractivity contribution in [1.29, 1.82) is 5.26 Å². The van der Waals surface area contributed by atoms with Gasteiger partial charge in [0.05, 0.1) is 18.2 Å². The van der Waals surface area contributed by atoms with Crippen molar-refractivity contribution >= 4 is 5.96 Å². The van der Waals surface area contributed by atoms with Crippen LogP contribution in [0, 0.1) is 17.1 Å². The smallest absolute Gasteiger partial charge is 0.191 e. The Morgan fingerprint density at radius 1 is 1.28 bits per heavy atom. The average Bonchev–Trinajstić information content (AvgIpc) is 2.74. The van der Waals surface area contributed by atoms with Gasteiger partial charge in [-0.2, -0.15) is 5.26 Å². The molecule has 1 unspecified atom stereocenters. The minimum absolute atomic E-state index is 0.192. The molecule has 1 fully saturated rings. The summed E-state index contributed by atoms with van der Waals surface area (Å²) >= 11 is 0. The molecule has 0 aromatic heterocycles. The fourth-order valence-electron chi connectivity index (χ4n) is 3.60. The number of piperidine rings is 1. The summed E-state index contributed by atoms with van der Waals surface area (Å²) < 4.78 is 14.0. The average molecular weight is 394 g/mol. The molecule has 0 aliphatic carbocycles. The maximum Gasteiger partial charge on any atom is 0.191 e. The second-order valence-corrected chi connectivity index (χ2v) is 7.32. The van der Waals surface area contributed by atoms with E-state index in [2.05, 4.69) is 44.8 Å². The zero-order chi connectivity index (χ0) is 20.5. The molecule has 0 radical (unpaired) electrons. The predicted molar refractivity (Wildman–Crippen MR) is 114 cm³/mol. The molecule has 2 N–H and O–H groups in total. The highest BCUT2D eigenvalue weighted by Gasteiger charge is 2.20. The number of nitrogens with one attached hydrogen (secondary N) is 2. The molecule has 6 heteroatoms. The Balaban J connectivity index is 1.62. The molecule has 29 heavy (non-hydrogen) atoms. The van der Waals surface area contributed by atoms with Crippen LogP contribution in [-0.4, -0.2) is 36.5 Å². The summed E-state index contributed by atoms with van der Waals surface area (Å²) in [7, 11) is 0. The number of nitrogens with zero attached hydrogens (tertiary/aromatic N) is 3. The number of rotatable bonds is 6. The van der Waals surface area contributed by atoms with Gasteiger partial charge in [0.1, 0.15) is 5.82 Å². The maximum atomic E-state index is 14.0. The molecular formula is C23H28FN5. The van der Waals surface area contributed by atoms with E-state index in [0.29, 0.717) is 23.1 Å². The van der Waals surface area contributed by atoms with E-state index in [4.69, 9.17) is 5.26 Å². The van der Waals surface area contributed by atoms with Crippen LogP contribution < -0.4 is 10.6 Å². The van der Waals surface area contributed by atoms with Crippen molar-refractivity contribution in [3.05, 3.63) is 71.0 Å². The van der Waals surface area contributed by atoms with Crippen LogP contribution in [-0.2, 0) is 13.1 Å². The number of halogens is 1. The van der Waals surface area contributed by atoms with Crippen molar-refractivity contribution in [1.82, 2.24) is 15.5 Å². The lowest BCUT2D eigenvalue weighted by Crippen LogP contribution is -2.51. The van der Waals surface area contributed by atoms with Gasteiger partial charge in [0.15, 0.2) is 5.96 Å². The van der Waals surface area contributed by atoms with Gasteiger partial charge in [-0.25, -0.2) is 9.38 Å². The Hall–Kier alpha value is -2.91. The fourth-order valence-corrected chi connectivity index (χ4v) is 3.60. The summed E-state index contributed by atoms with van der Waals surface area (Å²) in [5.41, 5.74) is 2.19. The molecule has 1 saturated heterocycles. The number of nitriles is 1. The molecular weight excluding hydrogens is 365 g/mol. The molecule has 1 aliphatic heterocycles. The number of aliphatic imine (C=N–C) groups is 1. The molecule has 3 rings (SSSR count). The highest BCUT2D eigenvalue weighted by atomic mass is 19.1. The molecule has 0 saturated carbocycles. The van der Waals surface area contributed by atoms with Crippen LogP contribution in [0.3, 0.4) is 0 Å². The summed E-state index contributed by atoms with van der Waals surface area (Å²) in [4.78, 5) is 7.00. The first kappa shape index (κ1) is 20.8. The number of hydrogen-bond donors (Lipinski definition) is 2. The van der Waals surface area contributed by atoms with Gasteiger partial charge in [0.2, 0.25) is 0 Å². The van der Waals surface area contributed by atoms with Gasteiger partial charge >= 0.3 is 0 Å². The number of hydrogen-bond acceptors (Lipinski definition) is 3. The second-order valence-electron chi connectivity index (χ2n) is 7.32. The Morgan fingerprint density at radius 2 is 2.10 bits per heavy atom. The van der Waals surface area contributed by atoms with Crippen molar-refractivity contribution in [2.45, 2.75) is 38.9 Å². The Labute approximate surface area is 172 Å². The lowest BCUT2D eigenvalue weighted by molar-refractivity contribution is 0.192.